The molecule has 3 rings (SSSR count). The van der Waals surface area contributed by atoms with Crippen molar-refractivity contribution in [3.8, 4) is 0 Å². The highest BCUT2D eigenvalue weighted by Crippen LogP contribution is 2.17. The van der Waals surface area contributed by atoms with Gasteiger partial charge >= 0.3 is 0 Å². The second kappa shape index (κ2) is 9.53. The summed E-state index contributed by atoms with van der Waals surface area (Å²) in [5, 5.41) is 3.40. The number of aromatic nitrogens is 1. The summed E-state index contributed by atoms with van der Waals surface area (Å²) in [5.74, 6) is -0.0864. The molecule has 0 saturated carbocycles. The van der Waals surface area contributed by atoms with E-state index in [1.54, 1.807) is 11.1 Å². The van der Waals surface area contributed by atoms with Gasteiger partial charge in [-0.3, -0.25) is 9.78 Å². The second-order valence-electron chi connectivity index (χ2n) is 6.33. The molecule has 4 heteroatoms. The molecule has 0 atom stereocenters. The number of nitrogens with one attached hydrogen (secondary N) is 1. The summed E-state index contributed by atoms with van der Waals surface area (Å²) in [4.78, 5) is 18.9. The van der Waals surface area contributed by atoms with Crippen LogP contribution in [0.15, 0.2) is 79.0 Å². The lowest BCUT2D eigenvalue weighted by atomic mass is 10.1. The van der Waals surface area contributed by atoms with Crippen molar-refractivity contribution in [2.45, 2.75) is 19.8 Å². The SMILES string of the molecule is CCN(C(=O)c1cc(NCCCc2ccccc2)ccn1)c1ccccc1. The van der Waals surface area contributed by atoms with Crippen molar-refractivity contribution in [2.75, 3.05) is 23.3 Å². The van der Waals surface area contributed by atoms with E-state index in [-0.39, 0.29) is 5.91 Å². The van der Waals surface area contributed by atoms with Gasteiger partial charge in [-0.25, -0.2) is 0 Å². The largest absolute Gasteiger partial charge is 0.385 e. The summed E-state index contributed by atoms with van der Waals surface area (Å²) in [6.45, 7) is 3.42. The monoisotopic (exact) mass is 359 g/mol. The van der Waals surface area contributed by atoms with E-state index in [1.807, 2.05) is 55.5 Å². The molecule has 0 aliphatic rings. The fraction of sp³-hybridized carbons (Fsp3) is 0.217. The number of carbonyl (C=O) groups excluding carboxylic acids is 1. The Morgan fingerprint density at radius 1 is 1.00 bits per heavy atom. The predicted octanol–water partition coefficient (Wildman–Crippen LogP) is 4.79. The van der Waals surface area contributed by atoms with E-state index in [0.29, 0.717) is 12.2 Å². The first-order valence-electron chi connectivity index (χ1n) is 9.38. The summed E-state index contributed by atoms with van der Waals surface area (Å²) >= 11 is 0. The van der Waals surface area contributed by atoms with Crippen LogP contribution in [-0.4, -0.2) is 24.0 Å². The lowest BCUT2D eigenvalue weighted by Gasteiger charge is -2.20. The fourth-order valence-electron chi connectivity index (χ4n) is 3.02. The lowest BCUT2D eigenvalue weighted by molar-refractivity contribution is 0.0983. The van der Waals surface area contributed by atoms with Gasteiger partial charge < -0.3 is 10.2 Å². The van der Waals surface area contributed by atoms with Crippen LogP contribution >= 0.6 is 0 Å². The highest BCUT2D eigenvalue weighted by atomic mass is 16.2. The molecule has 0 radical (unpaired) electrons. The third kappa shape index (κ3) is 5.17. The van der Waals surface area contributed by atoms with Gasteiger partial charge in [0.1, 0.15) is 5.69 Å². The first-order chi connectivity index (χ1) is 13.3. The Morgan fingerprint density at radius 3 is 2.41 bits per heavy atom. The molecule has 3 aromatic rings. The molecule has 0 unspecified atom stereocenters. The number of hydrogen-bond donors (Lipinski definition) is 1. The van der Waals surface area contributed by atoms with Crippen LogP contribution in [-0.2, 0) is 6.42 Å². The van der Waals surface area contributed by atoms with Crippen molar-refractivity contribution in [2.24, 2.45) is 0 Å². The maximum absolute atomic E-state index is 12.9. The maximum atomic E-state index is 12.9. The molecule has 4 nitrogen and oxygen atoms in total. The molecule has 0 spiro atoms. The van der Waals surface area contributed by atoms with Gasteiger partial charge in [0.2, 0.25) is 0 Å². The number of anilines is 2. The molecule has 138 valence electrons. The van der Waals surface area contributed by atoms with Crippen LogP contribution in [0.3, 0.4) is 0 Å². The number of hydrogen-bond acceptors (Lipinski definition) is 3. The van der Waals surface area contributed by atoms with Crippen molar-refractivity contribution in [1.29, 1.82) is 0 Å². The molecule has 1 aromatic heterocycles. The van der Waals surface area contributed by atoms with Crippen LogP contribution in [0.25, 0.3) is 0 Å². The summed E-state index contributed by atoms with van der Waals surface area (Å²) in [5.41, 5.74) is 3.60. The zero-order valence-corrected chi connectivity index (χ0v) is 15.6. The molecule has 0 bridgehead atoms. The average molecular weight is 359 g/mol. The van der Waals surface area contributed by atoms with E-state index in [4.69, 9.17) is 0 Å². The molecule has 0 aliphatic carbocycles. The third-order valence-corrected chi connectivity index (χ3v) is 4.42. The Morgan fingerprint density at radius 2 is 1.70 bits per heavy atom. The van der Waals surface area contributed by atoms with E-state index >= 15 is 0 Å². The van der Waals surface area contributed by atoms with Crippen molar-refractivity contribution in [3.63, 3.8) is 0 Å². The van der Waals surface area contributed by atoms with E-state index in [9.17, 15) is 4.79 Å². The van der Waals surface area contributed by atoms with Gasteiger partial charge in [0.05, 0.1) is 0 Å². The highest BCUT2D eigenvalue weighted by Gasteiger charge is 2.17. The minimum Gasteiger partial charge on any atom is -0.385 e. The smallest absolute Gasteiger partial charge is 0.276 e. The zero-order valence-electron chi connectivity index (χ0n) is 15.6. The first-order valence-corrected chi connectivity index (χ1v) is 9.38. The topological polar surface area (TPSA) is 45.2 Å². The third-order valence-electron chi connectivity index (χ3n) is 4.42. The van der Waals surface area contributed by atoms with Crippen LogP contribution < -0.4 is 10.2 Å². The molecular formula is C23H25N3O. The van der Waals surface area contributed by atoms with E-state index < -0.39 is 0 Å². The average Bonchev–Trinajstić information content (AvgIpc) is 2.73. The van der Waals surface area contributed by atoms with Crippen LogP contribution in [0, 0.1) is 0 Å². The van der Waals surface area contributed by atoms with Gasteiger partial charge in [0, 0.05) is 30.7 Å². The molecule has 0 fully saturated rings. The van der Waals surface area contributed by atoms with Crippen LogP contribution in [0.5, 0.6) is 0 Å². The Labute approximate surface area is 160 Å². The van der Waals surface area contributed by atoms with Crippen molar-refractivity contribution in [1.82, 2.24) is 4.98 Å². The quantitative estimate of drug-likeness (QED) is 0.588. The number of pyridine rings is 1. The maximum Gasteiger partial charge on any atom is 0.276 e. The molecule has 1 N–H and O–H groups in total. The number of nitrogens with zero attached hydrogens (tertiary/aromatic N) is 2. The van der Waals surface area contributed by atoms with Crippen LogP contribution in [0.1, 0.15) is 29.4 Å². The second-order valence-corrected chi connectivity index (χ2v) is 6.33. The number of aryl methyl sites for hydroxylation is 1. The molecule has 1 amide bonds. The summed E-state index contributed by atoms with van der Waals surface area (Å²) < 4.78 is 0. The number of amides is 1. The van der Waals surface area contributed by atoms with E-state index in [0.717, 1.165) is 30.8 Å². The number of carbonyl (C=O) groups is 1. The van der Waals surface area contributed by atoms with Gasteiger partial charge in [-0.15, -0.1) is 0 Å². The van der Waals surface area contributed by atoms with Gasteiger partial charge in [0.15, 0.2) is 0 Å². The molecular weight excluding hydrogens is 334 g/mol. The van der Waals surface area contributed by atoms with Crippen molar-refractivity contribution in [3.05, 3.63) is 90.3 Å². The van der Waals surface area contributed by atoms with Crippen molar-refractivity contribution >= 4 is 17.3 Å². The summed E-state index contributed by atoms with van der Waals surface area (Å²) in [6, 6.07) is 23.9. The Bertz CT molecular complexity index is 850. The summed E-state index contributed by atoms with van der Waals surface area (Å²) in [7, 11) is 0. The first kappa shape index (κ1) is 18.6. The van der Waals surface area contributed by atoms with E-state index in [2.05, 4.69) is 34.6 Å². The van der Waals surface area contributed by atoms with Gasteiger partial charge in [-0.2, -0.15) is 0 Å². The molecule has 2 aromatic carbocycles. The molecule has 27 heavy (non-hydrogen) atoms. The van der Waals surface area contributed by atoms with Gasteiger partial charge in [-0.1, -0.05) is 48.5 Å². The predicted molar refractivity (Wildman–Crippen MR) is 111 cm³/mol. The number of rotatable bonds is 8. The molecule has 1 heterocycles. The zero-order chi connectivity index (χ0) is 18.9. The van der Waals surface area contributed by atoms with E-state index in [1.165, 1.54) is 5.56 Å². The van der Waals surface area contributed by atoms with Crippen LogP contribution in [0.2, 0.25) is 0 Å². The van der Waals surface area contributed by atoms with Crippen molar-refractivity contribution < 1.29 is 4.79 Å². The molecule has 0 saturated heterocycles. The normalized spacial score (nSPS) is 10.4. The molecule has 0 aliphatic heterocycles. The standard InChI is InChI=1S/C23H25N3O/c1-2-26(21-13-7-4-8-14-21)23(27)22-18-20(15-17-25-22)24-16-9-12-19-10-5-3-6-11-19/h3-8,10-11,13-15,17-18H,2,9,12,16H2,1H3,(H,24,25). The highest BCUT2D eigenvalue weighted by molar-refractivity contribution is 6.05. The van der Waals surface area contributed by atoms with Gasteiger partial charge in [0.25, 0.3) is 5.91 Å². The van der Waals surface area contributed by atoms with Gasteiger partial charge in [-0.05, 0) is 49.6 Å². The Hall–Kier alpha value is -3.14. The Balaban J connectivity index is 1.60. The summed E-state index contributed by atoms with van der Waals surface area (Å²) in [6.07, 6.45) is 3.74. The lowest BCUT2D eigenvalue weighted by Crippen LogP contribution is -2.31. The van der Waals surface area contributed by atoms with Crippen LogP contribution in [0.4, 0.5) is 11.4 Å². The number of para-hydroxylation sites is 1. The minimum atomic E-state index is -0.0864. The Kier molecular flexibility index (Phi) is 6.58. The fourth-order valence-corrected chi connectivity index (χ4v) is 3.02. The minimum absolute atomic E-state index is 0.0864. The number of benzene rings is 2.